The Morgan fingerprint density at radius 2 is 1.81 bits per heavy atom. The minimum Gasteiger partial charge on any atom is -0.334 e. The maximum atomic E-state index is 13.1. The normalized spacial score (nSPS) is 23.1. The molecule has 2 atom stereocenters. The number of likely N-dealkylation sites (tertiary alicyclic amines) is 2. The Kier molecular flexibility index (Phi) is 5.21. The molecule has 0 bridgehead atoms. The van der Waals surface area contributed by atoms with E-state index in [9.17, 15) is 9.18 Å². The summed E-state index contributed by atoms with van der Waals surface area (Å²) in [5.41, 5.74) is 2.50. The van der Waals surface area contributed by atoms with Gasteiger partial charge in [0.15, 0.2) is 0 Å². The summed E-state index contributed by atoms with van der Waals surface area (Å²) in [5.74, 6) is -0.369. The molecule has 0 saturated carbocycles. The summed E-state index contributed by atoms with van der Waals surface area (Å²) in [5, 5.41) is 0. The molecule has 4 rings (SSSR count). The van der Waals surface area contributed by atoms with Crippen molar-refractivity contribution < 1.29 is 9.18 Å². The molecule has 0 radical (unpaired) electrons. The lowest BCUT2D eigenvalue weighted by Crippen LogP contribution is -2.44. The molecule has 1 amide bonds. The Bertz CT molecular complexity index is 790. The van der Waals surface area contributed by atoms with Crippen molar-refractivity contribution in [3.05, 3.63) is 54.1 Å². The smallest absolute Gasteiger partial charge is 0.254 e. The molecule has 0 N–H and O–H groups in total. The highest BCUT2D eigenvalue weighted by atomic mass is 19.1. The lowest BCUT2D eigenvalue weighted by Gasteiger charge is -2.30. The highest BCUT2D eigenvalue weighted by molar-refractivity contribution is 5.95. The van der Waals surface area contributed by atoms with Crippen LogP contribution in [-0.2, 0) is 0 Å². The molecular weight excluding hydrogens is 341 g/mol. The molecule has 1 aromatic carbocycles. The van der Waals surface area contributed by atoms with Crippen LogP contribution in [0.3, 0.4) is 0 Å². The zero-order valence-electron chi connectivity index (χ0n) is 15.8. The number of halogens is 1. The van der Waals surface area contributed by atoms with Crippen molar-refractivity contribution in [3.8, 4) is 11.1 Å². The minimum absolute atomic E-state index is 0.119. The van der Waals surface area contributed by atoms with Gasteiger partial charge in [-0.2, -0.15) is 4.39 Å². The predicted molar refractivity (Wildman–Crippen MR) is 104 cm³/mol. The number of carbonyl (C=O) groups is 1. The highest BCUT2D eigenvalue weighted by Crippen LogP contribution is 2.26. The van der Waals surface area contributed by atoms with Gasteiger partial charge in [-0.25, -0.2) is 4.98 Å². The van der Waals surface area contributed by atoms with E-state index in [1.165, 1.54) is 25.1 Å². The van der Waals surface area contributed by atoms with Gasteiger partial charge in [-0.3, -0.25) is 9.69 Å². The first-order valence-corrected chi connectivity index (χ1v) is 9.89. The second-order valence-electron chi connectivity index (χ2n) is 7.73. The van der Waals surface area contributed by atoms with E-state index in [1.807, 2.05) is 24.3 Å². The van der Waals surface area contributed by atoms with Gasteiger partial charge in [0.2, 0.25) is 5.95 Å². The summed E-state index contributed by atoms with van der Waals surface area (Å²) < 4.78 is 13.0. The number of rotatable bonds is 4. The quantitative estimate of drug-likeness (QED) is 0.767. The Labute approximate surface area is 160 Å². The van der Waals surface area contributed by atoms with Crippen LogP contribution in [0.1, 0.15) is 43.0 Å². The van der Waals surface area contributed by atoms with Crippen molar-refractivity contribution in [3.63, 3.8) is 0 Å². The van der Waals surface area contributed by atoms with Crippen LogP contribution in [-0.4, -0.2) is 52.4 Å². The molecule has 4 nitrogen and oxygen atoms in total. The third-order valence-electron chi connectivity index (χ3n) is 5.97. The molecule has 2 aliphatic rings. The van der Waals surface area contributed by atoms with Crippen LogP contribution in [0.5, 0.6) is 0 Å². The molecule has 2 fully saturated rings. The average Bonchev–Trinajstić information content (AvgIpc) is 3.32. The van der Waals surface area contributed by atoms with E-state index in [0.717, 1.165) is 49.2 Å². The van der Waals surface area contributed by atoms with Crippen molar-refractivity contribution in [1.29, 1.82) is 0 Å². The molecule has 142 valence electrons. The molecular formula is C22H26FN3O. The topological polar surface area (TPSA) is 36.4 Å². The Balaban J connectivity index is 1.46. The Morgan fingerprint density at radius 3 is 2.48 bits per heavy atom. The maximum Gasteiger partial charge on any atom is 0.254 e. The molecule has 1 unspecified atom stereocenters. The van der Waals surface area contributed by atoms with E-state index in [4.69, 9.17) is 0 Å². The molecule has 0 aliphatic carbocycles. The number of amides is 1. The molecule has 5 heteroatoms. The molecule has 0 spiro atoms. The SMILES string of the molecule is C[C@H]1CCCN1CC1CCCN1C(=O)c1ccc(-c2ccc(F)nc2)cc1. The van der Waals surface area contributed by atoms with Crippen molar-refractivity contribution >= 4 is 5.91 Å². The van der Waals surface area contributed by atoms with Gasteiger partial charge < -0.3 is 4.90 Å². The van der Waals surface area contributed by atoms with Crippen molar-refractivity contribution in [1.82, 2.24) is 14.8 Å². The van der Waals surface area contributed by atoms with E-state index in [2.05, 4.69) is 21.7 Å². The van der Waals surface area contributed by atoms with E-state index in [0.29, 0.717) is 12.1 Å². The van der Waals surface area contributed by atoms with Crippen LogP contribution in [0.25, 0.3) is 11.1 Å². The Morgan fingerprint density at radius 1 is 1.07 bits per heavy atom. The largest absolute Gasteiger partial charge is 0.334 e. The fourth-order valence-electron chi connectivity index (χ4n) is 4.35. The van der Waals surface area contributed by atoms with Gasteiger partial charge in [0.25, 0.3) is 5.91 Å². The first-order chi connectivity index (χ1) is 13.1. The molecule has 27 heavy (non-hydrogen) atoms. The summed E-state index contributed by atoms with van der Waals surface area (Å²) in [7, 11) is 0. The van der Waals surface area contributed by atoms with Crippen LogP contribution in [0.4, 0.5) is 4.39 Å². The van der Waals surface area contributed by atoms with Crippen molar-refractivity contribution in [2.24, 2.45) is 0 Å². The molecule has 2 saturated heterocycles. The number of pyridine rings is 1. The standard InChI is InChI=1S/C22H26FN3O/c1-16-4-2-12-25(16)15-20-5-3-13-26(20)22(27)18-8-6-17(7-9-18)19-10-11-21(23)24-14-19/h6-11,14,16,20H,2-5,12-13,15H2,1H3/t16-,20?/m0/s1. The van der Waals surface area contributed by atoms with Gasteiger partial charge in [0, 0.05) is 42.5 Å². The summed E-state index contributed by atoms with van der Waals surface area (Å²) in [6, 6.07) is 11.6. The number of carbonyl (C=O) groups excluding carboxylic acids is 1. The van der Waals surface area contributed by atoms with Crippen LogP contribution in [0, 0.1) is 5.95 Å². The number of hydrogen-bond acceptors (Lipinski definition) is 3. The Hall–Kier alpha value is -2.27. The van der Waals surface area contributed by atoms with Gasteiger partial charge >= 0.3 is 0 Å². The third-order valence-corrected chi connectivity index (χ3v) is 5.97. The average molecular weight is 367 g/mol. The van der Waals surface area contributed by atoms with Crippen molar-refractivity contribution in [2.45, 2.75) is 44.7 Å². The predicted octanol–water partition coefficient (Wildman–Crippen LogP) is 3.98. The number of nitrogens with zero attached hydrogens (tertiary/aromatic N) is 3. The zero-order valence-corrected chi connectivity index (χ0v) is 15.8. The maximum absolute atomic E-state index is 13.1. The first kappa shape index (κ1) is 18.1. The molecule has 3 heterocycles. The van der Waals surface area contributed by atoms with Gasteiger partial charge in [-0.1, -0.05) is 12.1 Å². The van der Waals surface area contributed by atoms with E-state index < -0.39 is 5.95 Å². The monoisotopic (exact) mass is 367 g/mol. The van der Waals surface area contributed by atoms with E-state index >= 15 is 0 Å². The second kappa shape index (κ2) is 7.77. The van der Waals surface area contributed by atoms with E-state index in [-0.39, 0.29) is 5.91 Å². The van der Waals surface area contributed by atoms with Crippen LogP contribution in [0.2, 0.25) is 0 Å². The van der Waals surface area contributed by atoms with Crippen molar-refractivity contribution in [2.75, 3.05) is 19.6 Å². The van der Waals surface area contributed by atoms with Crippen LogP contribution >= 0.6 is 0 Å². The number of hydrogen-bond donors (Lipinski definition) is 0. The van der Waals surface area contributed by atoms with Gasteiger partial charge in [0.05, 0.1) is 0 Å². The number of benzene rings is 1. The summed E-state index contributed by atoms with van der Waals surface area (Å²) >= 11 is 0. The summed E-state index contributed by atoms with van der Waals surface area (Å²) in [4.78, 5) is 21.3. The first-order valence-electron chi connectivity index (χ1n) is 9.89. The van der Waals surface area contributed by atoms with Crippen LogP contribution < -0.4 is 0 Å². The number of aromatic nitrogens is 1. The molecule has 2 aromatic rings. The minimum atomic E-state index is -0.488. The molecule has 1 aromatic heterocycles. The lowest BCUT2D eigenvalue weighted by atomic mass is 10.0. The third kappa shape index (κ3) is 3.88. The van der Waals surface area contributed by atoms with E-state index in [1.54, 1.807) is 6.07 Å². The zero-order chi connectivity index (χ0) is 18.8. The van der Waals surface area contributed by atoms with Gasteiger partial charge in [0.1, 0.15) is 0 Å². The highest BCUT2D eigenvalue weighted by Gasteiger charge is 2.32. The summed E-state index contributed by atoms with van der Waals surface area (Å²) in [6.07, 6.45) is 6.22. The lowest BCUT2D eigenvalue weighted by molar-refractivity contribution is 0.0696. The van der Waals surface area contributed by atoms with Gasteiger partial charge in [-0.15, -0.1) is 0 Å². The fourth-order valence-corrected chi connectivity index (χ4v) is 4.35. The van der Waals surface area contributed by atoms with Crippen LogP contribution in [0.15, 0.2) is 42.6 Å². The fraction of sp³-hybridized carbons (Fsp3) is 0.455. The molecule has 2 aliphatic heterocycles. The van der Waals surface area contributed by atoms with Gasteiger partial charge in [-0.05, 0) is 69.0 Å². The second-order valence-corrected chi connectivity index (χ2v) is 7.73. The summed E-state index contributed by atoms with van der Waals surface area (Å²) in [6.45, 7) is 5.28.